The molecule has 0 radical (unpaired) electrons. The van der Waals surface area contributed by atoms with Crippen LogP contribution in [0.5, 0.6) is 0 Å². The quantitative estimate of drug-likeness (QED) is 0.350. The van der Waals surface area contributed by atoms with Crippen LogP contribution in [-0.2, 0) is 0 Å². The molecule has 0 aliphatic carbocycles. The molecular weight excluding hydrogens is 371 g/mol. The molecule has 1 aromatic rings. The summed E-state index contributed by atoms with van der Waals surface area (Å²) in [4.78, 5) is 0. The van der Waals surface area contributed by atoms with Crippen LogP contribution in [0.25, 0.3) is 0 Å². The van der Waals surface area contributed by atoms with Crippen LogP contribution in [0.4, 0.5) is 0 Å². The Labute approximate surface area is 144 Å². The minimum absolute atomic E-state index is 0.678. The van der Waals surface area contributed by atoms with Crippen molar-refractivity contribution in [3.63, 3.8) is 0 Å². The molecule has 0 amide bonds. The first kappa shape index (κ1) is 20.1. The van der Waals surface area contributed by atoms with E-state index in [0.29, 0.717) is 5.92 Å². The summed E-state index contributed by atoms with van der Waals surface area (Å²) in [7, 11) is 0. The second-order valence-corrected chi connectivity index (χ2v) is 20.5. The molecule has 22 heavy (non-hydrogen) atoms. The Bertz CT molecular complexity index is 386. The van der Waals surface area contributed by atoms with Crippen molar-refractivity contribution in [1.29, 1.82) is 0 Å². The predicted molar refractivity (Wildman–Crippen MR) is 105 cm³/mol. The van der Waals surface area contributed by atoms with Gasteiger partial charge in [0, 0.05) is 0 Å². The number of unbranched alkanes of at least 4 members (excludes halogenated alkanes) is 3. The van der Waals surface area contributed by atoms with E-state index in [2.05, 4.69) is 58.9 Å². The van der Waals surface area contributed by atoms with E-state index in [1.807, 2.05) is 3.58 Å². The van der Waals surface area contributed by atoms with Gasteiger partial charge in [-0.15, -0.1) is 0 Å². The first-order valence-electron chi connectivity index (χ1n) is 9.70. The van der Waals surface area contributed by atoms with E-state index in [1.165, 1.54) is 38.5 Å². The van der Waals surface area contributed by atoms with Gasteiger partial charge in [-0.3, -0.25) is 0 Å². The Morgan fingerprint density at radius 3 is 1.64 bits per heavy atom. The standard InChI is InChI=1S/C9H11.3C4H9.Sn/c1-8(2)9-6-4-3-5-7-9;3*1-3-4-2;/h3-6,8H,1-2H3;3*1,3-4H2,2H3;. The fraction of sp³-hybridized carbons (Fsp3) is 0.714. The third-order valence-electron chi connectivity index (χ3n) is 5.18. The molecular formula is C21H38Sn. The summed E-state index contributed by atoms with van der Waals surface area (Å²) in [6.07, 6.45) is 8.45. The van der Waals surface area contributed by atoms with Gasteiger partial charge in [-0.05, 0) is 0 Å². The minimum atomic E-state index is -2.24. The van der Waals surface area contributed by atoms with Gasteiger partial charge in [0.15, 0.2) is 0 Å². The van der Waals surface area contributed by atoms with Gasteiger partial charge in [-0.25, -0.2) is 0 Å². The Morgan fingerprint density at radius 1 is 0.773 bits per heavy atom. The van der Waals surface area contributed by atoms with Crippen molar-refractivity contribution < 1.29 is 0 Å². The van der Waals surface area contributed by atoms with Gasteiger partial charge in [-0.1, -0.05) is 0 Å². The molecule has 1 rings (SSSR count). The van der Waals surface area contributed by atoms with Crippen LogP contribution >= 0.6 is 0 Å². The fourth-order valence-electron chi connectivity index (χ4n) is 3.81. The molecule has 0 bridgehead atoms. The number of hydrogen-bond acceptors (Lipinski definition) is 0. The zero-order valence-electron chi connectivity index (χ0n) is 15.8. The van der Waals surface area contributed by atoms with Crippen molar-refractivity contribution in [2.45, 2.75) is 92.4 Å². The summed E-state index contributed by atoms with van der Waals surface area (Å²) in [5.74, 6) is 0.678. The zero-order chi connectivity index (χ0) is 16.4. The molecule has 0 aliphatic heterocycles. The fourth-order valence-corrected chi connectivity index (χ4v) is 21.2. The molecule has 1 heteroatoms. The van der Waals surface area contributed by atoms with Crippen LogP contribution in [0.2, 0.25) is 13.3 Å². The van der Waals surface area contributed by atoms with Gasteiger partial charge >= 0.3 is 144 Å². The second-order valence-electron chi connectivity index (χ2n) is 7.33. The first-order chi connectivity index (χ1) is 10.6. The van der Waals surface area contributed by atoms with Crippen LogP contribution in [0, 0.1) is 0 Å². The van der Waals surface area contributed by atoms with Crippen LogP contribution in [-0.4, -0.2) is 18.4 Å². The van der Waals surface area contributed by atoms with E-state index in [-0.39, 0.29) is 0 Å². The average molecular weight is 409 g/mol. The summed E-state index contributed by atoms with van der Waals surface area (Å²) in [6, 6.07) is 9.54. The molecule has 0 fully saturated rings. The number of rotatable bonds is 11. The monoisotopic (exact) mass is 410 g/mol. The summed E-state index contributed by atoms with van der Waals surface area (Å²) >= 11 is -2.24. The topological polar surface area (TPSA) is 0 Å². The number of hydrogen-bond donors (Lipinski definition) is 0. The van der Waals surface area contributed by atoms with E-state index >= 15 is 0 Å². The summed E-state index contributed by atoms with van der Waals surface area (Å²) in [5.41, 5.74) is 1.68. The summed E-state index contributed by atoms with van der Waals surface area (Å²) in [6.45, 7) is 11.9. The molecule has 0 saturated heterocycles. The third kappa shape index (κ3) is 5.58. The molecule has 0 nitrogen and oxygen atoms in total. The van der Waals surface area contributed by atoms with Crippen molar-refractivity contribution in [2.24, 2.45) is 0 Å². The summed E-state index contributed by atoms with van der Waals surface area (Å²) in [5, 5.41) is 0. The molecule has 0 N–H and O–H groups in total. The van der Waals surface area contributed by atoms with E-state index < -0.39 is 18.4 Å². The predicted octanol–water partition coefficient (Wildman–Crippen LogP) is 6.87. The van der Waals surface area contributed by atoms with Crippen molar-refractivity contribution in [3.05, 3.63) is 29.8 Å². The normalized spacial score (nSPS) is 12.1. The molecule has 0 aromatic heterocycles. The van der Waals surface area contributed by atoms with Gasteiger partial charge in [0.2, 0.25) is 0 Å². The third-order valence-corrected chi connectivity index (χ3v) is 21.0. The van der Waals surface area contributed by atoms with Crippen molar-refractivity contribution in [1.82, 2.24) is 0 Å². The van der Waals surface area contributed by atoms with Gasteiger partial charge in [0.1, 0.15) is 0 Å². The van der Waals surface area contributed by atoms with Crippen molar-refractivity contribution >= 4 is 22.0 Å². The first-order valence-corrected chi connectivity index (χ1v) is 17.2. The average Bonchev–Trinajstić information content (AvgIpc) is 2.54. The maximum atomic E-state index is 2.53. The van der Waals surface area contributed by atoms with Gasteiger partial charge < -0.3 is 0 Å². The Balaban J connectivity index is 3.25. The van der Waals surface area contributed by atoms with Gasteiger partial charge in [-0.2, -0.15) is 0 Å². The molecule has 0 heterocycles. The zero-order valence-corrected chi connectivity index (χ0v) is 18.6. The maximum absolute atomic E-state index is 2.53. The van der Waals surface area contributed by atoms with Gasteiger partial charge in [0.25, 0.3) is 0 Å². The second kappa shape index (κ2) is 10.7. The van der Waals surface area contributed by atoms with Crippen molar-refractivity contribution in [2.75, 3.05) is 0 Å². The van der Waals surface area contributed by atoms with Crippen LogP contribution < -0.4 is 3.58 Å². The molecule has 0 unspecified atom stereocenters. The van der Waals surface area contributed by atoms with E-state index in [1.54, 1.807) is 18.9 Å². The molecule has 0 aliphatic rings. The number of benzene rings is 1. The van der Waals surface area contributed by atoms with Crippen LogP contribution in [0.15, 0.2) is 24.3 Å². The van der Waals surface area contributed by atoms with E-state index in [9.17, 15) is 0 Å². The molecule has 0 atom stereocenters. The molecule has 0 saturated carbocycles. The van der Waals surface area contributed by atoms with E-state index in [4.69, 9.17) is 0 Å². The Hall–Kier alpha value is 0.0187. The van der Waals surface area contributed by atoms with Crippen LogP contribution in [0.3, 0.4) is 0 Å². The Morgan fingerprint density at radius 2 is 1.23 bits per heavy atom. The summed E-state index contributed by atoms with van der Waals surface area (Å²) < 4.78 is 6.61. The van der Waals surface area contributed by atoms with Crippen molar-refractivity contribution in [3.8, 4) is 0 Å². The Kier molecular flexibility index (Phi) is 9.79. The molecule has 1 aromatic carbocycles. The molecule has 0 spiro atoms. The van der Waals surface area contributed by atoms with E-state index in [0.717, 1.165) is 0 Å². The SMILES string of the molecule is CCC[CH2][Sn]([CH2]CCC)([CH2]CCC)[c]1ccccc1C(C)C. The molecule has 126 valence electrons. The van der Waals surface area contributed by atoms with Crippen LogP contribution in [0.1, 0.15) is 84.6 Å². The van der Waals surface area contributed by atoms with Gasteiger partial charge in [0.05, 0.1) is 0 Å².